The number of benzene rings is 1. The summed E-state index contributed by atoms with van der Waals surface area (Å²) in [5.74, 6) is 0.539. The van der Waals surface area contributed by atoms with E-state index in [2.05, 4.69) is 0 Å². The van der Waals surface area contributed by atoms with Gasteiger partial charge in [-0.2, -0.15) is 0 Å². The number of carbonyl (C=O) groups is 1. The fourth-order valence-corrected chi connectivity index (χ4v) is 2.66. The first-order valence-electron chi connectivity index (χ1n) is 6.57. The first-order chi connectivity index (χ1) is 8.70. The molecule has 1 aliphatic carbocycles. The third-order valence-corrected chi connectivity index (χ3v) is 3.66. The summed E-state index contributed by atoms with van der Waals surface area (Å²) >= 11 is 0. The summed E-state index contributed by atoms with van der Waals surface area (Å²) in [6, 6.07) is 4.11. The molecule has 0 atom stereocenters. The van der Waals surface area contributed by atoms with Crippen molar-refractivity contribution in [3.63, 3.8) is 0 Å². The molecule has 0 N–H and O–H groups in total. The Morgan fingerprint density at radius 3 is 2.72 bits per heavy atom. The van der Waals surface area contributed by atoms with Gasteiger partial charge in [0.25, 0.3) is 0 Å². The van der Waals surface area contributed by atoms with Gasteiger partial charge < -0.3 is 4.74 Å². The Morgan fingerprint density at radius 2 is 2.06 bits per heavy atom. The van der Waals surface area contributed by atoms with Gasteiger partial charge in [0.2, 0.25) is 0 Å². The molecular weight excluding hydrogens is 231 g/mol. The Hall–Kier alpha value is -1.38. The van der Waals surface area contributed by atoms with E-state index in [0.29, 0.717) is 23.7 Å². The minimum atomic E-state index is -0.386. The van der Waals surface area contributed by atoms with Gasteiger partial charge in [0.15, 0.2) is 5.78 Å². The minimum Gasteiger partial charge on any atom is -0.496 e. The van der Waals surface area contributed by atoms with Gasteiger partial charge in [0.1, 0.15) is 11.6 Å². The molecule has 0 aliphatic heterocycles. The summed E-state index contributed by atoms with van der Waals surface area (Å²) < 4.78 is 18.3. The van der Waals surface area contributed by atoms with Crippen LogP contribution in [0.3, 0.4) is 0 Å². The van der Waals surface area contributed by atoms with Crippen LogP contribution in [0.2, 0.25) is 0 Å². The predicted octanol–water partition coefficient (Wildman–Crippen LogP) is 3.99. The molecule has 1 aromatic rings. The quantitative estimate of drug-likeness (QED) is 0.755. The third kappa shape index (κ3) is 3.09. The molecule has 3 heteroatoms. The van der Waals surface area contributed by atoms with E-state index in [9.17, 15) is 9.18 Å². The summed E-state index contributed by atoms with van der Waals surface area (Å²) in [6.07, 6.45) is 6.43. The summed E-state index contributed by atoms with van der Waals surface area (Å²) in [5.41, 5.74) is 0.378. The molecule has 1 aliphatic rings. The molecule has 0 heterocycles. The highest BCUT2D eigenvalue weighted by atomic mass is 19.1. The number of methoxy groups -OCH3 is 1. The standard InChI is InChI=1S/C15H19FO2/c1-18-15-8-7-12(16)10-13(15)14(17)9-11-5-3-2-4-6-11/h7-8,10-11H,2-6,9H2,1H3. The first kappa shape index (κ1) is 13.1. The zero-order valence-corrected chi connectivity index (χ0v) is 10.7. The van der Waals surface area contributed by atoms with Crippen LogP contribution in [-0.4, -0.2) is 12.9 Å². The van der Waals surface area contributed by atoms with E-state index in [1.165, 1.54) is 44.6 Å². The zero-order valence-electron chi connectivity index (χ0n) is 10.7. The molecule has 1 saturated carbocycles. The summed E-state index contributed by atoms with van der Waals surface area (Å²) in [6.45, 7) is 0. The van der Waals surface area contributed by atoms with E-state index in [-0.39, 0.29) is 11.6 Å². The van der Waals surface area contributed by atoms with Crippen LogP contribution in [0.25, 0.3) is 0 Å². The number of ether oxygens (including phenoxy) is 1. The molecule has 2 nitrogen and oxygen atoms in total. The molecule has 98 valence electrons. The molecule has 18 heavy (non-hydrogen) atoms. The lowest BCUT2D eigenvalue weighted by molar-refractivity contribution is 0.0947. The topological polar surface area (TPSA) is 26.3 Å². The van der Waals surface area contributed by atoms with Crippen molar-refractivity contribution in [2.24, 2.45) is 5.92 Å². The molecule has 0 unspecified atom stereocenters. The molecule has 0 radical (unpaired) electrons. The monoisotopic (exact) mass is 250 g/mol. The van der Waals surface area contributed by atoms with Crippen molar-refractivity contribution in [1.82, 2.24) is 0 Å². The maximum Gasteiger partial charge on any atom is 0.166 e. The molecule has 0 aromatic heterocycles. The lowest BCUT2D eigenvalue weighted by Gasteiger charge is -2.21. The lowest BCUT2D eigenvalue weighted by atomic mass is 9.84. The fraction of sp³-hybridized carbons (Fsp3) is 0.533. The molecule has 1 fully saturated rings. The maximum atomic E-state index is 13.2. The van der Waals surface area contributed by atoms with E-state index in [1.807, 2.05) is 0 Å². The van der Waals surface area contributed by atoms with Gasteiger partial charge in [-0.15, -0.1) is 0 Å². The van der Waals surface area contributed by atoms with Gasteiger partial charge in [0.05, 0.1) is 12.7 Å². The maximum absolute atomic E-state index is 13.2. The summed E-state index contributed by atoms with van der Waals surface area (Å²) in [7, 11) is 1.50. The Kier molecular flexibility index (Phi) is 4.34. The average Bonchev–Trinajstić information content (AvgIpc) is 2.40. The van der Waals surface area contributed by atoms with E-state index in [4.69, 9.17) is 4.74 Å². The van der Waals surface area contributed by atoms with Crippen LogP contribution in [0.4, 0.5) is 4.39 Å². The fourth-order valence-electron chi connectivity index (χ4n) is 2.66. The lowest BCUT2D eigenvalue weighted by Crippen LogP contribution is -2.13. The second-order valence-electron chi connectivity index (χ2n) is 4.98. The van der Waals surface area contributed by atoms with E-state index < -0.39 is 0 Å². The predicted molar refractivity (Wildman–Crippen MR) is 68.5 cm³/mol. The number of hydrogen-bond donors (Lipinski definition) is 0. The minimum absolute atomic E-state index is 0.00162. The zero-order chi connectivity index (χ0) is 13.0. The number of rotatable bonds is 4. The number of ketones is 1. The van der Waals surface area contributed by atoms with Crippen LogP contribution in [-0.2, 0) is 0 Å². The van der Waals surface area contributed by atoms with Crippen molar-refractivity contribution in [1.29, 1.82) is 0 Å². The van der Waals surface area contributed by atoms with Crippen molar-refractivity contribution in [2.45, 2.75) is 38.5 Å². The Morgan fingerprint density at radius 1 is 1.33 bits per heavy atom. The van der Waals surface area contributed by atoms with Gasteiger partial charge in [-0.05, 0) is 24.1 Å². The van der Waals surface area contributed by atoms with Crippen LogP contribution < -0.4 is 4.74 Å². The van der Waals surface area contributed by atoms with Crippen LogP contribution in [0.1, 0.15) is 48.9 Å². The highest BCUT2D eigenvalue weighted by Crippen LogP contribution is 2.29. The van der Waals surface area contributed by atoms with Crippen LogP contribution in [0, 0.1) is 11.7 Å². The number of carbonyl (C=O) groups excluding carboxylic acids is 1. The SMILES string of the molecule is COc1ccc(F)cc1C(=O)CC1CCCCC1. The molecule has 0 saturated heterocycles. The number of halogens is 1. The van der Waals surface area contributed by atoms with E-state index in [1.54, 1.807) is 0 Å². The van der Waals surface area contributed by atoms with Crippen molar-refractivity contribution >= 4 is 5.78 Å². The largest absolute Gasteiger partial charge is 0.496 e. The molecule has 1 aromatic carbocycles. The highest BCUT2D eigenvalue weighted by Gasteiger charge is 2.20. The molecular formula is C15H19FO2. The van der Waals surface area contributed by atoms with Crippen LogP contribution in [0.5, 0.6) is 5.75 Å². The van der Waals surface area contributed by atoms with Crippen molar-refractivity contribution in [3.8, 4) is 5.75 Å². The van der Waals surface area contributed by atoms with Gasteiger partial charge in [-0.1, -0.05) is 32.1 Å². The van der Waals surface area contributed by atoms with E-state index >= 15 is 0 Å². The van der Waals surface area contributed by atoms with Crippen LogP contribution in [0.15, 0.2) is 18.2 Å². The van der Waals surface area contributed by atoms with Crippen molar-refractivity contribution in [2.75, 3.05) is 7.11 Å². The molecule has 0 spiro atoms. The molecule has 0 bridgehead atoms. The first-order valence-corrected chi connectivity index (χ1v) is 6.57. The second kappa shape index (κ2) is 5.98. The second-order valence-corrected chi connectivity index (χ2v) is 4.98. The normalized spacial score (nSPS) is 16.6. The summed E-state index contributed by atoms with van der Waals surface area (Å²) in [4.78, 5) is 12.2. The van der Waals surface area contributed by atoms with Crippen LogP contribution >= 0.6 is 0 Å². The Labute approximate surface area is 107 Å². The smallest absolute Gasteiger partial charge is 0.166 e. The summed E-state index contributed by atoms with van der Waals surface area (Å²) in [5, 5.41) is 0. The Balaban J connectivity index is 2.09. The Bertz CT molecular complexity index is 423. The van der Waals surface area contributed by atoms with Gasteiger partial charge in [-0.3, -0.25) is 4.79 Å². The number of Topliss-reactive ketones (excluding diaryl/α,β-unsaturated/α-hetero) is 1. The van der Waals surface area contributed by atoms with Gasteiger partial charge >= 0.3 is 0 Å². The average molecular weight is 250 g/mol. The third-order valence-electron chi connectivity index (χ3n) is 3.66. The number of hydrogen-bond acceptors (Lipinski definition) is 2. The van der Waals surface area contributed by atoms with Crippen molar-refractivity contribution in [3.05, 3.63) is 29.6 Å². The molecule has 0 amide bonds. The van der Waals surface area contributed by atoms with Gasteiger partial charge in [0, 0.05) is 6.42 Å². The van der Waals surface area contributed by atoms with E-state index in [0.717, 1.165) is 12.8 Å². The molecule has 2 rings (SSSR count). The van der Waals surface area contributed by atoms with Crippen molar-refractivity contribution < 1.29 is 13.9 Å². The highest BCUT2D eigenvalue weighted by molar-refractivity contribution is 5.98. The van der Waals surface area contributed by atoms with Gasteiger partial charge in [-0.25, -0.2) is 4.39 Å².